The number of esters is 2. The maximum Gasteiger partial charge on any atom is 0.329 e. The van der Waals surface area contributed by atoms with Gasteiger partial charge in [0.1, 0.15) is 12.1 Å². The zero-order valence-corrected chi connectivity index (χ0v) is 21.7. The molecule has 0 amide bonds. The van der Waals surface area contributed by atoms with Crippen molar-refractivity contribution in [2.24, 2.45) is 0 Å². The highest BCUT2D eigenvalue weighted by atomic mass is 16.5. The van der Waals surface area contributed by atoms with Crippen molar-refractivity contribution in [1.82, 2.24) is 9.13 Å². The number of hydrogen-bond donors (Lipinski definition) is 0. The number of rotatable bonds is 8. The van der Waals surface area contributed by atoms with Crippen molar-refractivity contribution >= 4 is 33.5 Å². The molecule has 0 saturated carbocycles. The summed E-state index contributed by atoms with van der Waals surface area (Å²) >= 11 is 0. The zero-order valence-electron chi connectivity index (χ0n) is 21.7. The molecule has 0 aliphatic rings. The normalized spacial score (nSPS) is 12.8. The molecule has 202 valence electrons. The van der Waals surface area contributed by atoms with E-state index in [0.29, 0.717) is 11.1 Å². The third-order valence-electron chi connectivity index (χ3n) is 7.07. The van der Waals surface area contributed by atoms with Crippen LogP contribution in [0.2, 0.25) is 0 Å². The van der Waals surface area contributed by atoms with Gasteiger partial charge in [0.25, 0.3) is 22.2 Å². The molecular formula is C30H24N2O8. The first-order valence-corrected chi connectivity index (χ1v) is 12.4. The molecule has 40 heavy (non-hydrogen) atoms. The molecule has 0 aliphatic heterocycles. The number of carbonyl (C=O) groups excluding carboxylic acids is 2. The van der Waals surface area contributed by atoms with Crippen LogP contribution >= 0.6 is 0 Å². The van der Waals surface area contributed by atoms with Crippen molar-refractivity contribution in [3.05, 3.63) is 125 Å². The van der Waals surface area contributed by atoms with E-state index in [1.807, 2.05) is 0 Å². The lowest BCUT2D eigenvalue weighted by Crippen LogP contribution is -2.36. The van der Waals surface area contributed by atoms with Gasteiger partial charge >= 0.3 is 11.9 Å². The van der Waals surface area contributed by atoms with E-state index in [1.165, 1.54) is 12.1 Å². The first kappa shape index (κ1) is 26.5. The fourth-order valence-electron chi connectivity index (χ4n) is 5.08. The summed E-state index contributed by atoms with van der Waals surface area (Å²) in [4.78, 5) is 79.3. The van der Waals surface area contributed by atoms with Crippen LogP contribution in [0.4, 0.5) is 0 Å². The molecule has 0 saturated heterocycles. The quantitative estimate of drug-likeness (QED) is 0.273. The minimum Gasteiger partial charge on any atom is -0.467 e. The lowest BCUT2D eigenvalue weighted by Gasteiger charge is -2.15. The Balaban J connectivity index is 1.69. The maximum atomic E-state index is 13.5. The van der Waals surface area contributed by atoms with Gasteiger partial charge in [-0.05, 0) is 23.3 Å². The molecule has 0 bridgehead atoms. The number of aromatic nitrogens is 2. The van der Waals surface area contributed by atoms with Crippen LogP contribution in [0.15, 0.2) is 92.0 Å². The van der Waals surface area contributed by atoms with Crippen LogP contribution in [0.5, 0.6) is 0 Å². The van der Waals surface area contributed by atoms with Crippen LogP contribution in [0.1, 0.15) is 23.2 Å². The van der Waals surface area contributed by atoms with Crippen molar-refractivity contribution in [3.63, 3.8) is 0 Å². The molecule has 2 atom stereocenters. The second-order valence-electron chi connectivity index (χ2n) is 9.36. The fraction of sp³-hybridized carbons (Fsp3) is 0.200. The largest absolute Gasteiger partial charge is 0.467 e. The van der Waals surface area contributed by atoms with E-state index in [1.54, 1.807) is 60.7 Å². The Morgan fingerprint density at radius 1 is 0.575 bits per heavy atom. The van der Waals surface area contributed by atoms with E-state index in [2.05, 4.69) is 0 Å². The minimum absolute atomic E-state index is 0.0185. The Morgan fingerprint density at radius 3 is 1.15 bits per heavy atom. The average molecular weight is 541 g/mol. The van der Waals surface area contributed by atoms with Crippen LogP contribution in [-0.4, -0.2) is 35.3 Å². The van der Waals surface area contributed by atoms with Gasteiger partial charge in [-0.2, -0.15) is 0 Å². The summed E-state index contributed by atoms with van der Waals surface area (Å²) in [7, 11) is 2.32. The minimum atomic E-state index is -1.26. The molecule has 5 aromatic rings. The standard InChI is InChI=1S/C30H24N2O8/c1-39-29(37)23(13-17-9-5-3-6-10-17)31-25(33)19-15-21-22(16-20(19)26(31)34)28(36)32(27(21)35)24(30(38)40-2)14-18-11-7-4-8-12-18/h3-12,15-16,23-24H,13-14H2,1-2H3/t23-,24+. The van der Waals surface area contributed by atoms with Gasteiger partial charge in [-0.15, -0.1) is 0 Å². The van der Waals surface area contributed by atoms with Gasteiger partial charge < -0.3 is 9.47 Å². The molecule has 10 heteroatoms. The number of methoxy groups -OCH3 is 2. The molecule has 3 aromatic carbocycles. The van der Waals surface area contributed by atoms with E-state index >= 15 is 0 Å². The van der Waals surface area contributed by atoms with Crippen LogP contribution in [-0.2, 0) is 31.9 Å². The number of fused-ring (bicyclic) bond motifs is 2. The molecule has 0 radical (unpaired) electrons. The Labute approximate surface area is 226 Å². The van der Waals surface area contributed by atoms with Crippen LogP contribution in [0, 0.1) is 0 Å². The van der Waals surface area contributed by atoms with E-state index in [0.717, 1.165) is 23.4 Å². The molecule has 0 spiro atoms. The van der Waals surface area contributed by atoms with E-state index in [-0.39, 0.29) is 34.4 Å². The Morgan fingerprint density at radius 2 is 0.875 bits per heavy atom. The third-order valence-corrected chi connectivity index (χ3v) is 7.07. The molecule has 0 N–H and O–H groups in total. The number of hydrogen-bond acceptors (Lipinski definition) is 8. The van der Waals surface area contributed by atoms with Gasteiger partial charge in [-0.1, -0.05) is 60.7 Å². The number of nitrogens with zero attached hydrogens (tertiary/aromatic N) is 2. The topological polar surface area (TPSA) is 131 Å². The average Bonchev–Trinajstić information content (AvgIpc) is 3.37. The first-order chi connectivity index (χ1) is 19.3. The van der Waals surface area contributed by atoms with E-state index in [4.69, 9.17) is 9.47 Å². The van der Waals surface area contributed by atoms with Gasteiger partial charge in [-0.3, -0.25) is 28.3 Å². The molecular weight excluding hydrogens is 516 g/mol. The van der Waals surface area contributed by atoms with Crippen LogP contribution < -0.4 is 22.2 Å². The van der Waals surface area contributed by atoms with Crippen molar-refractivity contribution in [2.45, 2.75) is 24.9 Å². The second-order valence-corrected chi connectivity index (χ2v) is 9.36. The predicted molar refractivity (Wildman–Crippen MR) is 147 cm³/mol. The summed E-state index contributed by atoms with van der Waals surface area (Å²) in [5.74, 6) is -1.57. The van der Waals surface area contributed by atoms with Gasteiger partial charge in [0.05, 0.1) is 35.8 Å². The smallest absolute Gasteiger partial charge is 0.329 e. The Bertz CT molecular complexity index is 1730. The monoisotopic (exact) mass is 540 g/mol. The first-order valence-electron chi connectivity index (χ1n) is 12.4. The third kappa shape index (κ3) is 4.43. The lowest BCUT2D eigenvalue weighted by atomic mass is 10.1. The summed E-state index contributed by atoms with van der Waals surface area (Å²) in [5.41, 5.74) is -1.76. The van der Waals surface area contributed by atoms with Crippen molar-refractivity contribution in [2.75, 3.05) is 14.2 Å². The molecule has 0 unspecified atom stereocenters. The number of benzene rings is 3. The van der Waals surface area contributed by atoms with E-state index < -0.39 is 46.3 Å². The van der Waals surface area contributed by atoms with Gasteiger partial charge in [0.2, 0.25) is 0 Å². The summed E-state index contributed by atoms with van der Waals surface area (Å²) in [6, 6.07) is 17.5. The van der Waals surface area contributed by atoms with Crippen molar-refractivity contribution < 1.29 is 19.1 Å². The van der Waals surface area contributed by atoms with E-state index in [9.17, 15) is 28.8 Å². The van der Waals surface area contributed by atoms with Crippen LogP contribution in [0.25, 0.3) is 21.5 Å². The molecule has 5 rings (SSSR count). The Kier molecular flexibility index (Phi) is 7.00. The van der Waals surface area contributed by atoms with Crippen molar-refractivity contribution in [1.29, 1.82) is 0 Å². The highest BCUT2D eigenvalue weighted by Gasteiger charge is 2.31. The molecule has 10 nitrogen and oxygen atoms in total. The summed E-state index contributed by atoms with van der Waals surface area (Å²) in [6.45, 7) is 0. The molecule has 0 aliphatic carbocycles. The lowest BCUT2D eigenvalue weighted by molar-refractivity contribution is -0.145. The van der Waals surface area contributed by atoms with Gasteiger partial charge in [0.15, 0.2) is 0 Å². The number of carbonyl (C=O) groups is 2. The Hall–Kier alpha value is -5.12. The van der Waals surface area contributed by atoms with Crippen molar-refractivity contribution in [3.8, 4) is 0 Å². The maximum absolute atomic E-state index is 13.5. The molecule has 0 fully saturated rings. The van der Waals surface area contributed by atoms with Crippen LogP contribution in [0.3, 0.4) is 0 Å². The highest BCUT2D eigenvalue weighted by molar-refractivity contribution is 5.98. The summed E-state index contributed by atoms with van der Waals surface area (Å²) < 4.78 is 11.4. The second kappa shape index (κ2) is 10.6. The summed E-state index contributed by atoms with van der Waals surface area (Å²) in [6.07, 6.45) is 0.0370. The highest BCUT2D eigenvalue weighted by Crippen LogP contribution is 2.21. The van der Waals surface area contributed by atoms with Gasteiger partial charge in [-0.25, -0.2) is 9.59 Å². The molecule has 2 aromatic heterocycles. The zero-order chi connectivity index (χ0) is 28.6. The number of ether oxygens (including phenoxy) is 2. The van der Waals surface area contributed by atoms with Gasteiger partial charge in [0, 0.05) is 12.8 Å². The molecule has 2 heterocycles. The summed E-state index contributed by atoms with van der Waals surface area (Å²) in [5, 5.41) is -0.476. The SMILES string of the molecule is COC(=O)[C@@H](Cc1ccccc1)n1c(=O)c2cc3c(=O)n([C@@H](Cc4ccccc4)C(=O)OC)c(=O)c3cc2c1=O. The predicted octanol–water partition coefficient (Wildman–Crippen LogP) is 1.83. The fourth-order valence-corrected chi connectivity index (χ4v) is 5.08.